The standard InChI is InChI=1S/C24H39N3O3/c1-3-5-14-24(25,15-6-4-2)22(28)26-16-12-20-13-17-27(18-20)23(29)30-19-21-10-8-7-9-11-21/h7-11,20H,3-6,12-19,25H2,1-2H3,(H,26,28). The van der Waals surface area contributed by atoms with Gasteiger partial charge in [0.15, 0.2) is 0 Å². The second kappa shape index (κ2) is 12.6. The van der Waals surface area contributed by atoms with Crippen molar-refractivity contribution in [2.24, 2.45) is 11.7 Å². The molecule has 1 aliphatic heterocycles. The van der Waals surface area contributed by atoms with Crippen LogP contribution in [-0.4, -0.2) is 42.1 Å². The highest BCUT2D eigenvalue weighted by Crippen LogP contribution is 2.22. The summed E-state index contributed by atoms with van der Waals surface area (Å²) in [6, 6.07) is 9.70. The van der Waals surface area contributed by atoms with Crippen LogP contribution >= 0.6 is 0 Å². The molecule has 2 rings (SSSR count). The van der Waals surface area contributed by atoms with Gasteiger partial charge in [0.2, 0.25) is 5.91 Å². The third kappa shape index (κ3) is 7.63. The van der Waals surface area contributed by atoms with Gasteiger partial charge in [-0.1, -0.05) is 69.9 Å². The zero-order chi connectivity index (χ0) is 21.8. The molecule has 6 heteroatoms. The Kier molecular flexibility index (Phi) is 10.1. The lowest BCUT2D eigenvalue weighted by Crippen LogP contribution is -2.54. The van der Waals surface area contributed by atoms with Crippen LogP contribution in [0.5, 0.6) is 0 Å². The number of carbonyl (C=O) groups excluding carboxylic acids is 2. The van der Waals surface area contributed by atoms with E-state index in [9.17, 15) is 9.59 Å². The van der Waals surface area contributed by atoms with E-state index in [0.717, 1.165) is 56.9 Å². The Balaban J connectivity index is 1.70. The van der Waals surface area contributed by atoms with Crippen LogP contribution in [0.15, 0.2) is 30.3 Å². The van der Waals surface area contributed by atoms with Crippen LogP contribution in [0.1, 0.15) is 70.8 Å². The van der Waals surface area contributed by atoms with E-state index in [0.29, 0.717) is 32.2 Å². The van der Waals surface area contributed by atoms with Gasteiger partial charge in [0.1, 0.15) is 6.61 Å². The Morgan fingerprint density at radius 3 is 2.47 bits per heavy atom. The first-order valence-corrected chi connectivity index (χ1v) is 11.5. The quantitative estimate of drug-likeness (QED) is 0.533. The lowest BCUT2D eigenvalue weighted by atomic mass is 9.87. The maximum Gasteiger partial charge on any atom is 0.410 e. The molecule has 0 aliphatic carbocycles. The van der Waals surface area contributed by atoms with Crippen molar-refractivity contribution in [3.8, 4) is 0 Å². The first kappa shape index (κ1) is 24.2. The molecule has 0 saturated carbocycles. The number of amides is 2. The number of nitrogens with one attached hydrogen (secondary N) is 1. The maximum absolute atomic E-state index is 12.7. The first-order valence-electron chi connectivity index (χ1n) is 11.5. The number of nitrogens with zero attached hydrogens (tertiary/aromatic N) is 1. The van der Waals surface area contributed by atoms with Crippen molar-refractivity contribution in [1.29, 1.82) is 0 Å². The van der Waals surface area contributed by atoms with Crippen molar-refractivity contribution in [3.05, 3.63) is 35.9 Å². The second-order valence-electron chi connectivity index (χ2n) is 8.55. The molecule has 30 heavy (non-hydrogen) atoms. The summed E-state index contributed by atoms with van der Waals surface area (Å²) in [5.74, 6) is 0.356. The van der Waals surface area contributed by atoms with Gasteiger partial charge in [0, 0.05) is 19.6 Å². The van der Waals surface area contributed by atoms with Crippen LogP contribution in [0, 0.1) is 5.92 Å². The summed E-state index contributed by atoms with van der Waals surface area (Å²) in [6.07, 6.45) is 7.02. The topological polar surface area (TPSA) is 84.7 Å². The third-order valence-electron chi connectivity index (χ3n) is 5.99. The van der Waals surface area contributed by atoms with Crippen LogP contribution < -0.4 is 11.1 Å². The van der Waals surface area contributed by atoms with Gasteiger partial charge in [-0.3, -0.25) is 4.79 Å². The van der Waals surface area contributed by atoms with Gasteiger partial charge in [-0.2, -0.15) is 0 Å². The number of unbranched alkanes of at least 4 members (excludes halogenated alkanes) is 2. The van der Waals surface area contributed by atoms with Crippen molar-refractivity contribution in [3.63, 3.8) is 0 Å². The van der Waals surface area contributed by atoms with E-state index in [2.05, 4.69) is 19.2 Å². The lowest BCUT2D eigenvalue weighted by molar-refractivity contribution is -0.127. The van der Waals surface area contributed by atoms with Crippen LogP contribution in [0.25, 0.3) is 0 Å². The molecule has 1 heterocycles. The molecule has 0 aromatic heterocycles. The largest absolute Gasteiger partial charge is 0.445 e. The highest BCUT2D eigenvalue weighted by molar-refractivity contribution is 5.86. The lowest BCUT2D eigenvalue weighted by Gasteiger charge is -2.28. The number of nitrogens with two attached hydrogens (primary N) is 1. The van der Waals surface area contributed by atoms with E-state index in [-0.39, 0.29) is 12.0 Å². The van der Waals surface area contributed by atoms with E-state index in [4.69, 9.17) is 10.5 Å². The summed E-state index contributed by atoms with van der Waals surface area (Å²) in [6.45, 7) is 6.53. The van der Waals surface area contributed by atoms with E-state index in [1.54, 1.807) is 4.90 Å². The van der Waals surface area contributed by atoms with E-state index in [1.807, 2.05) is 30.3 Å². The minimum atomic E-state index is -0.755. The predicted molar refractivity (Wildman–Crippen MR) is 120 cm³/mol. The highest BCUT2D eigenvalue weighted by Gasteiger charge is 2.33. The fourth-order valence-electron chi connectivity index (χ4n) is 3.95. The summed E-state index contributed by atoms with van der Waals surface area (Å²) < 4.78 is 5.42. The average Bonchev–Trinajstić information content (AvgIpc) is 3.24. The average molecular weight is 418 g/mol. The monoisotopic (exact) mass is 417 g/mol. The SMILES string of the molecule is CCCCC(N)(CCCC)C(=O)NCCC1CCN(C(=O)OCc2ccccc2)C1. The van der Waals surface area contributed by atoms with Crippen LogP contribution in [0.2, 0.25) is 0 Å². The number of rotatable bonds is 12. The first-order chi connectivity index (χ1) is 14.5. The van der Waals surface area contributed by atoms with Crippen molar-refractivity contribution < 1.29 is 14.3 Å². The number of hydrogen-bond donors (Lipinski definition) is 2. The summed E-state index contributed by atoms with van der Waals surface area (Å²) in [5, 5.41) is 3.06. The van der Waals surface area contributed by atoms with Gasteiger partial charge in [-0.05, 0) is 37.2 Å². The fraction of sp³-hybridized carbons (Fsp3) is 0.667. The van der Waals surface area contributed by atoms with Gasteiger partial charge in [-0.15, -0.1) is 0 Å². The van der Waals surface area contributed by atoms with Crippen molar-refractivity contribution in [1.82, 2.24) is 10.2 Å². The van der Waals surface area contributed by atoms with Gasteiger partial charge in [0.05, 0.1) is 5.54 Å². The molecular formula is C24H39N3O3. The molecule has 168 valence electrons. The van der Waals surface area contributed by atoms with Gasteiger partial charge in [0.25, 0.3) is 0 Å². The molecule has 2 amide bonds. The van der Waals surface area contributed by atoms with E-state index in [1.165, 1.54) is 0 Å². The molecule has 0 radical (unpaired) electrons. The minimum Gasteiger partial charge on any atom is -0.445 e. The molecule has 1 aromatic rings. The van der Waals surface area contributed by atoms with Gasteiger partial charge >= 0.3 is 6.09 Å². The molecule has 1 aliphatic rings. The zero-order valence-corrected chi connectivity index (χ0v) is 18.7. The molecule has 1 unspecified atom stereocenters. The molecule has 1 fully saturated rings. The molecule has 1 saturated heterocycles. The summed E-state index contributed by atoms with van der Waals surface area (Å²) in [5.41, 5.74) is 6.70. The van der Waals surface area contributed by atoms with Gasteiger partial charge < -0.3 is 20.7 Å². The van der Waals surface area contributed by atoms with Gasteiger partial charge in [-0.25, -0.2) is 4.79 Å². The number of carbonyl (C=O) groups is 2. The highest BCUT2D eigenvalue weighted by atomic mass is 16.6. The minimum absolute atomic E-state index is 0.0264. The Morgan fingerprint density at radius 1 is 1.17 bits per heavy atom. The molecular weight excluding hydrogens is 378 g/mol. The maximum atomic E-state index is 12.7. The van der Waals surface area contributed by atoms with Crippen LogP contribution in [0.3, 0.4) is 0 Å². The van der Waals surface area contributed by atoms with Crippen LogP contribution in [0.4, 0.5) is 4.79 Å². The van der Waals surface area contributed by atoms with Crippen molar-refractivity contribution in [2.75, 3.05) is 19.6 Å². The Bertz CT molecular complexity index is 642. The molecule has 3 N–H and O–H groups in total. The molecule has 6 nitrogen and oxygen atoms in total. The number of benzene rings is 1. The molecule has 0 spiro atoms. The molecule has 1 atom stereocenters. The fourth-order valence-corrected chi connectivity index (χ4v) is 3.95. The van der Waals surface area contributed by atoms with E-state index < -0.39 is 5.54 Å². The zero-order valence-electron chi connectivity index (χ0n) is 18.7. The Morgan fingerprint density at radius 2 is 1.83 bits per heavy atom. The van der Waals surface area contributed by atoms with Crippen molar-refractivity contribution in [2.45, 2.75) is 77.4 Å². The summed E-state index contributed by atoms with van der Waals surface area (Å²) in [7, 11) is 0. The molecule has 1 aromatic carbocycles. The Hall–Kier alpha value is -2.08. The second-order valence-corrected chi connectivity index (χ2v) is 8.55. The third-order valence-corrected chi connectivity index (χ3v) is 5.99. The normalized spacial score (nSPS) is 16.5. The van der Waals surface area contributed by atoms with Crippen molar-refractivity contribution >= 4 is 12.0 Å². The van der Waals surface area contributed by atoms with E-state index >= 15 is 0 Å². The smallest absolute Gasteiger partial charge is 0.410 e. The predicted octanol–water partition coefficient (Wildman–Crippen LogP) is 4.23. The summed E-state index contributed by atoms with van der Waals surface area (Å²) in [4.78, 5) is 26.8. The number of ether oxygens (including phenoxy) is 1. The Labute approximate surface area is 181 Å². The number of hydrogen-bond acceptors (Lipinski definition) is 4. The number of likely N-dealkylation sites (tertiary alicyclic amines) is 1. The molecule has 0 bridgehead atoms. The summed E-state index contributed by atoms with van der Waals surface area (Å²) >= 11 is 0. The van der Waals surface area contributed by atoms with Crippen LogP contribution in [-0.2, 0) is 16.1 Å².